The summed E-state index contributed by atoms with van der Waals surface area (Å²) in [7, 11) is -3.48. The van der Waals surface area contributed by atoms with Gasteiger partial charge in [0.1, 0.15) is 9.96 Å². The Labute approximate surface area is 171 Å². The number of benzene rings is 1. The van der Waals surface area contributed by atoms with Gasteiger partial charge in [0.05, 0.1) is 21.2 Å². The highest BCUT2D eigenvalue weighted by atomic mass is 35.5. The fraction of sp³-hybridized carbons (Fsp3) is 0.353. The molecule has 4 rings (SSSR count). The van der Waals surface area contributed by atoms with Crippen molar-refractivity contribution in [3.8, 4) is 5.75 Å². The van der Waals surface area contributed by atoms with Crippen LogP contribution in [0.2, 0.25) is 4.34 Å². The number of fused-ring (bicyclic) bond motifs is 1. The first-order valence-corrected chi connectivity index (χ1v) is 12.0. The van der Waals surface area contributed by atoms with Crippen molar-refractivity contribution in [3.63, 3.8) is 0 Å². The second-order valence-electron chi connectivity index (χ2n) is 6.01. The van der Waals surface area contributed by atoms with Gasteiger partial charge < -0.3 is 9.64 Å². The van der Waals surface area contributed by atoms with Crippen LogP contribution < -0.4 is 9.64 Å². The zero-order chi connectivity index (χ0) is 19.0. The van der Waals surface area contributed by atoms with Gasteiger partial charge in [-0.25, -0.2) is 13.4 Å². The van der Waals surface area contributed by atoms with E-state index in [-0.39, 0.29) is 0 Å². The molecular formula is C17H18ClN3O3S3. The third-order valence-electron chi connectivity index (χ3n) is 4.31. The maximum absolute atomic E-state index is 12.7. The molecule has 0 saturated carbocycles. The second kappa shape index (κ2) is 7.56. The summed E-state index contributed by atoms with van der Waals surface area (Å²) in [6, 6.07) is 9.07. The van der Waals surface area contributed by atoms with Crippen LogP contribution in [0.5, 0.6) is 5.75 Å². The summed E-state index contributed by atoms with van der Waals surface area (Å²) >= 11 is 8.59. The van der Waals surface area contributed by atoms with Crippen LogP contribution >= 0.6 is 34.3 Å². The van der Waals surface area contributed by atoms with Crippen LogP contribution in [0.1, 0.15) is 6.92 Å². The van der Waals surface area contributed by atoms with Gasteiger partial charge in [0.25, 0.3) is 10.0 Å². The highest BCUT2D eigenvalue weighted by Gasteiger charge is 2.30. The van der Waals surface area contributed by atoms with E-state index in [4.69, 9.17) is 21.3 Å². The van der Waals surface area contributed by atoms with E-state index in [1.165, 1.54) is 4.31 Å². The number of aromatic nitrogens is 1. The molecule has 144 valence electrons. The monoisotopic (exact) mass is 443 g/mol. The number of piperazine rings is 1. The van der Waals surface area contributed by atoms with Crippen LogP contribution in [-0.2, 0) is 10.0 Å². The molecule has 0 radical (unpaired) electrons. The lowest BCUT2D eigenvalue weighted by atomic mass is 10.3. The third-order valence-corrected chi connectivity index (χ3v) is 8.99. The molecule has 0 bridgehead atoms. The van der Waals surface area contributed by atoms with Crippen molar-refractivity contribution in [2.45, 2.75) is 11.1 Å². The Balaban J connectivity index is 1.48. The van der Waals surface area contributed by atoms with Crippen LogP contribution in [0.15, 0.2) is 34.5 Å². The molecule has 0 N–H and O–H groups in total. The van der Waals surface area contributed by atoms with E-state index in [0.717, 1.165) is 32.4 Å². The molecule has 0 unspecified atom stereocenters. The smallest absolute Gasteiger partial charge is 0.252 e. The number of hydrogen-bond donors (Lipinski definition) is 0. The lowest BCUT2D eigenvalue weighted by Crippen LogP contribution is -2.48. The van der Waals surface area contributed by atoms with E-state index in [1.54, 1.807) is 23.5 Å². The summed E-state index contributed by atoms with van der Waals surface area (Å²) < 4.78 is 34.3. The molecular weight excluding hydrogens is 426 g/mol. The zero-order valence-corrected chi connectivity index (χ0v) is 17.8. The van der Waals surface area contributed by atoms with E-state index in [0.29, 0.717) is 41.3 Å². The second-order valence-corrected chi connectivity index (χ2v) is 10.9. The maximum atomic E-state index is 12.7. The third kappa shape index (κ3) is 3.79. The van der Waals surface area contributed by atoms with Crippen LogP contribution in [0.25, 0.3) is 10.2 Å². The Morgan fingerprint density at radius 1 is 1.15 bits per heavy atom. The van der Waals surface area contributed by atoms with Crippen LogP contribution in [0.4, 0.5) is 5.13 Å². The molecule has 0 spiro atoms. The van der Waals surface area contributed by atoms with Crippen molar-refractivity contribution in [2.75, 3.05) is 37.7 Å². The number of thiazole rings is 1. The number of anilines is 1. The fourth-order valence-corrected chi connectivity index (χ4v) is 7.07. The molecule has 1 aliphatic rings. The van der Waals surface area contributed by atoms with Gasteiger partial charge in [0.2, 0.25) is 0 Å². The molecule has 0 atom stereocenters. The highest BCUT2D eigenvalue weighted by Crippen LogP contribution is 2.33. The summed E-state index contributed by atoms with van der Waals surface area (Å²) in [6.45, 7) is 4.66. The summed E-state index contributed by atoms with van der Waals surface area (Å²) in [4.78, 5) is 6.83. The highest BCUT2D eigenvalue weighted by molar-refractivity contribution is 7.91. The largest absolute Gasteiger partial charge is 0.494 e. The number of ether oxygens (including phenoxy) is 1. The molecule has 27 heavy (non-hydrogen) atoms. The molecule has 10 heteroatoms. The van der Waals surface area contributed by atoms with Crippen molar-refractivity contribution >= 4 is 59.6 Å². The molecule has 0 amide bonds. The van der Waals surface area contributed by atoms with E-state index >= 15 is 0 Å². The minimum Gasteiger partial charge on any atom is -0.494 e. The van der Waals surface area contributed by atoms with E-state index in [2.05, 4.69) is 4.90 Å². The lowest BCUT2D eigenvalue weighted by molar-refractivity contribution is 0.341. The molecule has 1 saturated heterocycles. The standard InChI is InChI=1S/C17H18ClN3O3S3/c1-2-24-12-3-4-13-14(11-12)25-17(19-13)20-7-9-21(10-8-20)27(22,23)16-6-5-15(18)26-16/h3-6,11H,2,7-10H2,1H3. The molecule has 0 aliphatic carbocycles. The Morgan fingerprint density at radius 3 is 2.59 bits per heavy atom. The average Bonchev–Trinajstić information content (AvgIpc) is 3.28. The number of hydrogen-bond acceptors (Lipinski definition) is 7. The molecule has 6 nitrogen and oxygen atoms in total. The van der Waals surface area contributed by atoms with Crippen molar-refractivity contribution < 1.29 is 13.2 Å². The van der Waals surface area contributed by atoms with Gasteiger partial charge >= 0.3 is 0 Å². The first-order valence-electron chi connectivity index (χ1n) is 8.51. The topological polar surface area (TPSA) is 62.7 Å². The van der Waals surface area contributed by atoms with E-state index < -0.39 is 10.0 Å². The van der Waals surface area contributed by atoms with Crippen molar-refractivity contribution in [1.82, 2.24) is 9.29 Å². The number of thiophene rings is 1. The number of rotatable bonds is 5. The maximum Gasteiger partial charge on any atom is 0.252 e. The Bertz CT molecular complexity index is 1060. The quantitative estimate of drug-likeness (QED) is 0.598. The molecule has 1 aromatic carbocycles. The first-order chi connectivity index (χ1) is 13.0. The summed E-state index contributed by atoms with van der Waals surface area (Å²) in [5, 5.41) is 0.912. The van der Waals surface area contributed by atoms with Gasteiger partial charge in [-0.1, -0.05) is 22.9 Å². The van der Waals surface area contributed by atoms with Crippen LogP contribution in [-0.4, -0.2) is 50.5 Å². The van der Waals surface area contributed by atoms with Crippen LogP contribution in [0.3, 0.4) is 0 Å². The van der Waals surface area contributed by atoms with Crippen LogP contribution in [0, 0.1) is 0 Å². The van der Waals surface area contributed by atoms with Gasteiger partial charge in [-0.05, 0) is 37.3 Å². The summed E-state index contributed by atoms with van der Waals surface area (Å²) in [5.41, 5.74) is 0.932. The van der Waals surface area contributed by atoms with Crippen molar-refractivity contribution in [2.24, 2.45) is 0 Å². The van der Waals surface area contributed by atoms with Gasteiger partial charge in [-0.3, -0.25) is 0 Å². The Morgan fingerprint density at radius 2 is 1.93 bits per heavy atom. The number of sulfonamides is 1. The molecule has 2 aromatic heterocycles. The Kier molecular flexibility index (Phi) is 5.30. The predicted octanol–water partition coefficient (Wildman–Crippen LogP) is 3.92. The SMILES string of the molecule is CCOc1ccc2nc(N3CCN(S(=O)(=O)c4ccc(Cl)s4)CC3)sc2c1. The molecule has 3 heterocycles. The normalized spacial score (nSPS) is 16.1. The number of halogens is 1. The van der Waals surface area contributed by atoms with E-state index in [1.807, 2.05) is 25.1 Å². The summed E-state index contributed by atoms with van der Waals surface area (Å²) in [6.07, 6.45) is 0. The Hall–Kier alpha value is -1.39. The predicted molar refractivity (Wildman–Crippen MR) is 111 cm³/mol. The lowest BCUT2D eigenvalue weighted by Gasteiger charge is -2.33. The van der Waals surface area contributed by atoms with Gasteiger partial charge in [0.15, 0.2) is 5.13 Å². The van der Waals surface area contributed by atoms with Gasteiger partial charge in [-0.2, -0.15) is 4.31 Å². The zero-order valence-electron chi connectivity index (χ0n) is 14.6. The average molecular weight is 444 g/mol. The minimum atomic E-state index is -3.48. The first kappa shape index (κ1) is 18.9. The van der Waals surface area contributed by atoms with E-state index in [9.17, 15) is 8.42 Å². The molecule has 1 aliphatic heterocycles. The van der Waals surface area contributed by atoms with Crippen molar-refractivity contribution in [1.29, 1.82) is 0 Å². The number of nitrogens with zero attached hydrogens (tertiary/aromatic N) is 3. The fourth-order valence-electron chi connectivity index (χ4n) is 2.97. The van der Waals surface area contributed by atoms with Crippen molar-refractivity contribution in [3.05, 3.63) is 34.7 Å². The van der Waals surface area contributed by atoms with Gasteiger partial charge in [-0.15, -0.1) is 11.3 Å². The molecule has 1 fully saturated rings. The molecule has 3 aromatic rings. The van der Waals surface area contributed by atoms with Gasteiger partial charge in [0, 0.05) is 26.2 Å². The summed E-state index contributed by atoms with van der Waals surface area (Å²) in [5.74, 6) is 0.839. The minimum absolute atomic E-state index is 0.296.